The molecule has 0 saturated carbocycles. The molecule has 3 rings (SSSR count). The first-order chi connectivity index (χ1) is 10.9. The van der Waals surface area contributed by atoms with E-state index in [1.54, 1.807) is 23.6 Å². The van der Waals surface area contributed by atoms with E-state index in [0.29, 0.717) is 12.4 Å². The Kier molecular flexibility index (Phi) is 4.67. The molecule has 0 saturated heterocycles. The summed E-state index contributed by atoms with van der Waals surface area (Å²) in [4.78, 5) is 5.34. The van der Waals surface area contributed by atoms with E-state index in [1.807, 2.05) is 23.7 Å². The van der Waals surface area contributed by atoms with E-state index in [0.717, 1.165) is 16.9 Å². The molecule has 0 aliphatic rings. The van der Waals surface area contributed by atoms with Gasteiger partial charge in [-0.3, -0.25) is 5.10 Å². The van der Waals surface area contributed by atoms with Gasteiger partial charge in [-0.05, 0) is 17.5 Å². The van der Waals surface area contributed by atoms with Crippen LogP contribution in [-0.2, 0) is 6.54 Å². The fraction of sp³-hybridized carbons (Fsp3) is 0.200. The zero-order valence-electron chi connectivity index (χ0n) is 11.8. The minimum atomic E-state index is -0.0202. The van der Waals surface area contributed by atoms with Gasteiger partial charge in [-0.15, -0.1) is 11.3 Å². The minimum absolute atomic E-state index is 0.0202. The number of nitrogens with one attached hydrogen (secondary N) is 2. The lowest BCUT2D eigenvalue weighted by molar-refractivity contribution is 0.196. The Labute approximate surface area is 131 Å². The van der Waals surface area contributed by atoms with Gasteiger partial charge in [0.05, 0.1) is 35.3 Å². The van der Waals surface area contributed by atoms with Gasteiger partial charge in [-0.1, -0.05) is 6.07 Å². The molecule has 6 nitrogen and oxygen atoms in total. The number of rotatable bonds is 7. The van der Waals surface area contributed by atoms with Gasteiger partial charge in [-0.25, -0.2) is 4.98 Å². The van der Waals surface area contributed by atoms with Crippen LogP contribution in [0.5, 0.6) is 5.88 Å². The van der Waals surface area contributed by atoms with Gasteiger partial charge in [0.1, 0.15) is 6.61 Å². The summed E-state index contributed by atoms with van der Waals surface area (Å²) in [5.74, 6) is 0.502. The molecule has 0 unspecified atom stereocenters. The molecule has 0 radical (unpaired) electrons. The lowest BCUT2D eigenvalue weighted by Crippen LogP contribution is -2.04. The van der Waals surface area contributed by atoms with Crippen molar-refractivity contribution in [3.05, 3.63) is 47.6 Å². The Bertz CT molecular complexity index is 695. The number of aromatic nitrogens is 3. The Balaban J connectivity index is 1.62. The van der Waals surface area contributed by atoms with Crippen molar-refractivity contribution in [3.8, 4) is 16.5 Å². The number of thiophene rings is 1. The summed E-state index contributed by atoms with van der Waals surface area (Å²) in [7, 11) is 0. The summed E-state index contributed by atoms with van der Waals surface area (Å²) in [6.07, 6.45) is 3.53. The molecule has 0 aliphatic heterocycles. The van der Waals surface area contributed by atoms with Gasteiger partial charge in [0.2, 0.25) is 5.88 Å². The fourth-order valence-electron chi connectivity index (χ4n) is 2.00. The minimum Gasteiger partial charge on any atom is -0.475 e. The largest absolute Gasteiger partial charge is 0.475 e. The molecule has 22 heavy (non-hydrogen) atoms. The molecular formula is C15H16N4O2S. The highest BCUT2D eigenvalue weighted by atomic mass is 32.1. The zero-order chi connectivity index (χ0) is 15.2. The summed E-state index contributed by atoms with van der Waals surface area (Å²) in [5.41, 5.74) is 3.04. The summed E-state index contributed by atoms with van der Waals surface area (Å²) in [6, 6.07) is 7.75. The summed E-state index contributed by atoms with van der Waals surface area (Å²) >= 11 is 1.68. The van der Waals surface area contributed by atoms with Crippen LogP contribution in [0.15, 0.2) is 42.0 Å². The third kappa shape index (κ3) is 3.44. The molecule has 7 heteroatoms. The highest BCUT2D eigenvalue weighted by molar-refractivity contribution is 7.13. The number of pyridine rings is 1. The van der Waals surface area contributed by atoms with E-state index >= 15 is 0 Å². The Morgan fingerprint density at radius 2 is 2.23 bits per heavy atom. The molecule has 3 aromatic heterocycles. The number of ether oxygens (including phenoxy) is 1. The highest BCUT2D eigenvalue weighted by Gasteiger charge is 2.08. The second-order valence-electron chi connectivity index (χ2n) is 4.56. The van der Waals surface area contributed by atoms with Gasteiger partial charge in [0.25, 0.3) is 0 Å². The lowest BCUT2D eigenvalue weighted by Gasteiger charge is -2.07. The van der Waals surface area contributed by atoms with Gasteiger partial charge in [0.15, 0.2) is 0 Å². The van der Waals surface area contributed by atoms with Crippen LogP contribution < -0.4 is 10.1 Å². The molecule has 0 amide bonds. The molecule has 3 N–H and O–H groups in total. The topological polar surface area (TPSA) is 83.1 Å². The standard InChI is InChI=1S/C15H16N4O2S/c20-5-6-21-14-4-3-12(10-17-14)16-8-11-9-18-19-15(11)13-2-1-7-22-13/h1-4,7,9-10,16,20H,5-6,8H2,(H,18,19). The van der Waals surface area contributed by atoms with Crippen LogP contribution in [0.1, 0.15) is 5.56 Å². The maximum atomic E-state index is 8.70. The third-order valence-electron chi connectivity index (χ3n) is 3.05. The first-order valence-corrected chi connectivity index (χ1v) is 7.74. The molecule has 0 atom stereocenters. The van der Waals surface area contributed by atoms with Gasteiger partial charge >= 0.3 is 0 Å². The van der Waals surface area contributed by atoms with E-state index < -0.39 is 0 Å². The zero-order valence-corrected chi connectivity index (χ0v) is 12.6. The number of anilines is 1. The molecule has 0 aromatic carbocycles. The summed E-state index contributed by atoms with van der Waals surface area (Å²) in [5, 5.41) is 21.2. The first kappa shape index (κ1) is 14.6. The van der Waals surface area contributed by atoms with Crippen LogP contribution in [0, 0.1) is 0 Å². The number of H-pyrrole nitrogens is 1. The molecule has 3 heterocycles. The van der Waals surface area contributed by atoms with Crippen molar-refractivity contribution >= 4 is 17.0 Å². The smallest absolute Gasteiger partial charge is 0.213 e. The van der Waals surface area contributed by atoms with E-state index in [4.69, 9.17) is 9.84 Å². The molecular weight excluding hydrogens is 300 g/mol. The number of aromatic amines is 1. The van der Waals surface area contributed by atoms with Crippen molar-refractivity contribution in [1.82, 2.24) is 15.2 Å². The second kappa shape index (κ2) is 7.06. The van der Waals surface area contributed by atoms with Crippen molar-refractivity contribution in [3.63, 3.8) is 0 Å². The van der Waals surface area contributed by atoms with Gasteiger partial charge < -0.3 is 15.2 Å². The second-order valence-corrected chi connectivity index (χ2v) is 5.51. The summed E-state index contributed by atoms with van der Waals surface area (Å²) in [6.45, 7) is 0.884. The van der Waals surface area contributed by atoms with Crippen molar-refractivity contribution in [2.75, 3.05) is 18.5 Å². The number of aliphatic hydroxyl groups is 1. The van der Waals surface area contributed by atoms with Crippen molar-refractivity contribution in [2.45, 2.75) is 6.54 Å². The quantitative estimate of drug-likeness (QED) is 0.624. The maximum absolute atomic E-state index is 8.70. The monoisotopic (exact) mass is 316 g/mol. The average molecular weight is 316 g/mol. The number of nitrogens with zero attached hydrogens (tertiary/aromatic N) is 2. The number of aliphatic hydroxyl groups excluding tert-OH is 1. The van der Waals surface area contributed by atoms with Crippen LogP contribution in [0.25, 0.3) is 10.6 Å². The van der Waals surface area contributed by atoms with Crippen molar-refractivity contribution < 1.29 is 9.84 Å². The van der Waals surface area contributed by atoms with E-state index in [9.17, 15) is 0 Å². The predicted octanol–water partition coefficient (Wildman–Crippen LogP) is 2.52. The van der Waals surface area contributed by atoms with E-state index in [2.05, 4.69) is 26.6 Å². The predicted molar refractivity (Wildman–Crippen MR) is 86.0 cm³/mol. The molecule has 0 fully saturated rings. The molecule has 0 aliphatic carbocycles. The van der Waals surface area contributed by atoms with Gasteiger partial charge in [0, 0.05) is 18.2 Å². The number of hydrogen-bond donors (Lipinski definition) is 3. The Morgan fingerprint density at radius 1 is 1.27 bits per heavy atom. The average Bonchev–Trinajstić information content (AvgIpc) is 3.22. The Morgan fingerprint density at radius 3 is 2.95 bits per heavy atom. The fourth-order valence-corrected chi connectivity index (χ4v) is 2.75. The third-order valence-corrected chi connectivity index (χ3v) is 3.93. The van der Waals surface area contributed by atoms with Crippen LogP contribution >= 0.6 is 11.3 Å². The lowest BCUT2D eigenvalue weighted by atomic mass is 10.2. The van der Waals surface area contributed by atoms with Crippen LogP contribution in [-0.4, -0.2) is 33.5 Å². The summed E-state index contributed by atoms with van der Waals surface area (Å²) < 4.78 is 5.23. The highest BCUT2D eigenvalue weighted by Crippen LogP contribution is 2.26. The van der Waals surface area contributed by atoms with E-state index in [-0.39, 0.29) is 13.2 Å². The van der Waals surface area contributed by atoms with Crippen LogP contribution in [0.4, 0.5) is 5.69 Å². The maximum Gasteiger partial charge on any atom is 0.213 e. The normalized spacial score (nSPS) is 10.6. The molecule has 114 valence electrons. The number of hydrogen-bond acceptors (Lipinski definition) is 6. The SMILES string of the molecule is OCCOc1ccc(NCc2cn[nH]c2-c2cccs2)cn1. The molecule has 0 bridgehead atoms. The molecule has 0 spiro atoms. The van der Waals surface area contributed by atoms with Gasteiger partial charge in [-0.2, -0.15) is 5.10 Å². The first-order valence-electron chi connectivity index (χ1n) is 6.86. The van der Waals surface area contributed by atoms with Crippen LogP contribution in [0.3, 0.4) is 0 Å². The van der Waals surface area contributed by atoms with E-state index in [1.165, 1.54) is 4.88 Å². The molecule has 3 aromatic rings. The van der Waals surface area contributed by atoms with Crippen LogP contribution in [0.2, 0.25) is 0 Å². The Hall–Kier alpha value is -2.38. The van der Waals surface area contributed by atoms with Crippen molar-refractivity contribution in [1.29, 1.82) is 0 Å². The van der Waals surface area contributed by atoms with Crippen molar-refractivity contribution in [2.24, 2.45) is 0 Å².